The van der Waals surface area contributed by atoms with E-state index in [0.717, 1.165) is 5.56 Å². The third-order valence-electron chi connectivity index (χ3n) is 4.73. The second-order valence-electron chi connectivity index (χ2n) is 6.58. The van der Waals surface area contributed by atoms with Crippen molar-refractivity contribution in [3.05, 3.63) is 47.9 Å². The number of aromatic nitrogens is 4. The Hall–Kier alpha value is -3.46. The highest BCUT2D eigenvalue weighted by atomic mass is 16.5. The molecular formula is C21H25N5O4. The van der Waals surface area contributed by atoms with Crippen LogP contribution in [0.3, 0.4) is 0 Å². The van der Waals surface area contributed by atoms with Crippen molar-refractivity contribution in [1.29, 1.82) is 0 Å². The van der Waals surface area contributed by atoms with Gasteiger partial charge >= 0.3 is 0 Å². The minimum Gasteiger partial charge on any atom is -0.497 e. The molecule has 1 amide bonds. The molecule has 0 radical (unpaired) electrons. The van der Waals surface area contributed by atoms with Crippen LogP contribution in [0.5, 0.6) is 11.5 Å². The lowest BCUT2D eigenvalue weighted by Crippen LogP contribution is -2.30. The van der Waals surface area contributed by atoms with Crippen molar-refractivity contribution in [3.63, 3.8) is 0 Å². The summed E-state index contributed by atoms with van der Waals surface area (Å²) in [5.41, 5.74) is 2.55. The summed E-state index contributed by atoms with van der Waals surface area (Å²) in [6.07, 6.45) is 3.17. The Bertz CT molecular complexity index is 1030. The van der Waals surface area contributed by atoms with Crippen LogP contribution >= 0.6 is 0 Å². The van der Waals surface area contributed by atoms with E-state index in [-0.39, 0.29) is 5.91 Å². The van der Waals surface area contributed by atoms with E-state index in [2.05, 4.69) is 15.1 Å². The van der Waals surface area contributed by atoms with Crippen molar-refractivity contribution < 1.29 is 19.0 Å². The molecule has 0 atom stereocenters. The van der Waals surface area contributed by atoms with E-state index < -0.39 is 0 Å². The average molecular weight is 411 g/mol. The quantitative estimate of drug-likeness (QED) is 0.562. The minimum absolute atomic E-state index is 0.138. The number of hydrogen-bond donors (Lipinski definition) is 0. The first-order valence-corrected chi connectivity index (χ1v) is 9.35. The fraction of sp³-hybridized carbons (Fsp3) is 0.333. The summed E-state index contributed by atoms with van der Waals surface area (Å²) in [4.78, 5) is 23.3. The highest BCUT2D eigenvalue weighted by Gasteiger charge is 2.20. The summed E-state index contributed by atoms with van der Waals surface area (Å²) in [6, 6.07) is 7.27. The van der Waals surface area contributed by atoms with Crippen LogP contribution in [0, 0.1) is 6.92 Å². The van der Waals surface area contributed by atoms with Crippen LogP contribution < -0.4 is 9.47 Å². The molecule has 1 aromatic carbocycles. The number of likely N-dealkylation sites (N-methyl/N-ethyl adjacent to an activating group) is 1. The number of hydrogen-bond acceptors (Lipinski definition) is 7. The van der Waals surface area contributed by atoms with Crippen LogP contribution in [0.4, 0.5) is 0 Å². The number of rotatable bonds is 8. The fourth-order valence-corrected chi connectivity index (χ4v) is 2.97. The number of carbonyl (C=O) groups is 1. The molecule has 30 heavy (non-hydrogen) atoms. The molecule has 3 rings (SSSR count). The zero-order valence-electron chi connectivity index (χ0n) is 17.7. The van der Waals surface area contributed by atoms with Crippen LogP contribution in [0.15, 0.2) is 36.7 Å². The van der Waals surface area contributed by atoms with Gasteiger partial charge in [0.05, 0.1) is 44.0 Å². The minimum atomic E-state index is -0.138. The molecule has 9 heteroatoms. The molecule has 0 saturated heterocycles. The molecule has 2 aromatic heterocycles. The van der Waals surface area contributed by atoms with E-state index in [1.807, 2.05) is 25.1 Å². The van der Waals surface area contributed by atoms with Gasteiger partial charge in [0.25, 0.3) is 11.9 Å². The third kappa shape index (κ3) is 4.25. The smallest absolute Gasteiger partial charge is 0.257 e. The Kier molecular flexibility index (Phi) is 6.63. The van der Waals surface area contributed by atoms with Crippen LogP contribution in [0.2, 0.25) is 0 Å². The van der Waals surface area contributed by atoms with Crippen molar-refractivity contribution in [2.45, 2.75) is 6.92 Å². The SMILES string of the molecule is COCCN(C)C(=O)c1cnn(-c2nccc(-c3cc(OC)ccc3OC)n2)c1C. The number of nitrogens with zero attached hydrogens (tertiary/aromatic N) is 5. The maximum atomic E-state index is 12.7. The predicted octanol–water partition coefficient (Wildman–Crippen LogP) is 2.37. The van der Waals surface area contributed by atoms with E-state index in [1.54, 1.807) is 50.2 Å². The third-order valence-corrected chi connectivity index (χ3v) is 4.73. The normalized spacial score (nSPS) is 10.7. The second-order valence-corrected chi connectivity index (χ2v) is 6.58. The number of benzene rings is 1. The lowest BCUT2D eigenvalue weighted by Gasteiger charge is -2.16. The molecule has 158 valence electrons. The van der Waals surface area contributed by atoms with Gasteiger partial charge in [-0.2, -0.15) is 5.10 Å². The summed E-state index contributed by atoms with van der Waals surface area (Å²) in [5, 5.41) is 4.34. The topological polar surface area (TPSA) is 91.6 Å². The van der Waals surface area contributed by atoms with Crippen molar-refractivity contribution >= 4 is 5.91 Å². The molecule has 0 N–H and O–H groups in total. The van der Waals surface area contributed by atoms with Crippen LogP contribution in [0.1, 0.15) is 16.1 Å². The van der Waals surface area contributed by atoms with Gasteiger partial charge in [0.1, 0.15) is 11.5 Å². The van der Waals surface area contributed by atoms with Gasteiger partial charge in [-0.05, 0) is 31.2 Å². The lowest BCUT2D eigenvalue weighted by molar-refractivity contribution is 0.0743. The largest absolute Gasteiger partial charge is 0.497 e. The number of ether oxygens (including phenoxy) is 3. The van der Waals surface area contributed by atoms with Gasteiger partial charge in [0.2, 0.25) is 0 Å². The molecule has 0 aliphatic rings. The molecule has 0 saturated carbocycles. The molecule has 0 spiro atoms. The summed E-state index contributed by atoms with van der Waals surface area (Å²) >= 11 is 0. The Labute approximate surface area is 175 Å². The maximum Gasteiger partial charge on any atom is 0.257 e. The number of carbonyl (C=O) groups excluding carboxylic acids is 1. The fourth-order valence-electron chi connectivity index (χ4n) is 2.97. The van der Waals surface area contributed by atoms with Gasteiger partial charge in [-0.3, -0.25) is 4.79 Å². The zero-order chi connectivity index (χ0) is 21.7. The Morgan fingerprint density at radius 2 is 1.97 bits per heavy atom. The first kappa shape index (κ1) is 21.3. The van der Waals surface area contributed by atoms with Gasteiger partial charge in [0, 0.05) is 32.5 Å². The lowest BCUT2D eigenvalue weighted by atomic mass is 10.1. The predicted molar refractivity (Wildman–Crippen MR) is 111 cm³/mol. The van der Waals surface area contributed by atoms with Crippen molar-refractivity contribution in [2.24, 2.45) is 0 Å². The van der Waals surface area contributed by atoms with E-state index in [4.69, 9.17) is 14.2 Å². The molecule has 0 aliphatic carbocycles. The van der Waals surface area contributed by atoms with Crippen LogP contribution in [-0.2, 0) is 4.74 Å². The van der Waals surface area contributed by atoms with Crippen molar-refractivity contribution in [1.82, 2.24) is 24.6 Å². The van der Waals surface area contributed by atoms with Gasteiger partial charge < -0.3 is 19.1 Å². The molecular weight excluding hydrogens is 386 g/mol. The average Bonchev–Trinajstić information content (AvgIpc) is 3.17. The van der Waals surface area contributed by atoms with E-state index in [9.17, 15) is 4.79 Å². The molecule has 3 aromatic rings. The highest BCUT2D eigenvalue weighted by molar-refractivity contribution is 5.95. The molecule has 0 bridgehead atoms. The van der Waals surface area contributed by atoms with Crippen LogP contribution in [-0.4, -0.2) is 72.1 Å². The van der Waals surface area contributed by atoms with Crippen molar-refractivity contribution in [3.8, 4) is 28.7 Å². The Morgan fingerprint density at radius 1 is 1.17 bits per heavy atom. The zero-order valence-corrected chi connectivity index (χ0v) is 17.7. The summed E-state index contributed by atoms with van der Waals surface area (Å²) in [7, 11) is 6.53. The maximum absolute atomic E-state index is 12.7. The molecule has 0 unspecified atom stereocenters. The summed E-state index contributed by atoms with van der Waals surface area (Å²) in [6.45, 7) is 2.76. The van der Waals surface area contributed by atoms with Gasteiger partial charge in [-0.1, -0.05) is 0 Å². The van der Waals surface area contributed by atoms with Crippen molar-refractivity contribution in [2.75, 3.05) is 41.5 Å². The summed E-state index contributed by atoms with van der Waals surface area (Å²) in [5.74, 6) is 1.57. The monoisotopic (exact) mass is 411 g/mol. The van der Waals surface area contributed by atoms with E-state index >= 15 is 0 Å². The Balaban J connectivity index is 1.96. The second kappa shape index (κ2) is 9.36. The highest BCUT2D eigenvalue weighted by Crippen LogP contribution is 2.32. The van der Waals surface area contributed by atoms with Crippen LogP contribution in [0.25, 0.3) is 17.2 Å². The van der Waals surface area contributed by atoms with E-state index in [1.165, 1.54) is 6.20 Å². The Morgan fingerprint density at radius 3 is 2.67 bits per heavy atom. The summed E-state index contributed by atoms with van der Waals surface area (Å²) < 4.78 is 17.4. The molecule has 2 heterocycles. The molecule has 9 nitrogen and oxygen atoms in total. The van der Waals surface area contributed by atoms with Gasteiger partial charge in [-0.15, -0.1) is 0 Å². The molecule has 0 fully saturated rings. The van der Waals surface area contributed by atoms with E-state index in [0.29, 0.717) is 47.6 Å². The first-order valence-electron chi connectivity index (χ1n) is 9.35. The first-order chi connectivity index (χ1) is 14.5. The standard InChI is InChI=1S/C21H25N5O4/c1-14-17(20(27)25(2)10-11-28-3)13-23-26(14)21-22-9-8-18(24-21)16-12-15(29-4)6-7-19(16)30-5/h6-9,12-13H,10-11H2,1-5H3. The van der Waals surface area contributed by atoms with Gasteiger partial charge in [0.15, 0.2) is 0 Å². The molecule has 0 aliphatic heterocycles. The van der Waals surface area contributed by atoms with Gasteiger partial charge in [-0.25, -0.2) is 14.6 Å². The number of methoxy groups -OCH3 is 3. The number of amides is 1.